The maximum Gasteiger partial charge on any atom is 0.416 e. The highest BCUT2D eigenvalue weighted by Crippen LogP contribution is 2.41. The van der Waals surface area contributed by atoms with Crippen molar-refractivity contribution in [2.75, 3.05) is 0 Å². The smallest absolute Gasteiger partial charge is 0.416 e. The first-order chi connectivity index (χ1) is 9.88. The summed E-state index contributed by atoms with van der Waals surface area (Å²) in [7, 11) is 0. The van der Waals surface area contributed by atoms with Crippen LogP contribution >= 0.6 is 0 Å². The molecule has 1 fully saturated rings. The first-order valence-electron chi connectivity index (χ1n) is 6.50. The topological polar surface area (TPSA) is 42.2 Å². The molecule has 0 saturated heterocycles. The molecule has 3 rings (SSSR count). The zero-order valence-electron chi connectivity index (χ0n) is 10.9. The van der Waals surface area contributed by atoms with Crippen molar-refractivity contribution < 1.29 is 23.1 Å². The third kappa shape index (κ3) is 2.53. The zero-order valence-corrected chi connectivity index (χ0v) is 10.9. The summed E-state index contributed by atoms with van der Waals surface area (Å²) in [6.07, 6.45) is -2.59. The summed E-state index contributed by atoms with van der Waals surface area (Å²) < 4.78 is 39.4. The second-order valence-corrected chi connectivity index (χ2v) is 5.09. The van der Waals surface area contributed by atoms with E-state index < -0.39 is 17.7 Å². The Bertz CT molecular complexity index is 682. The van der Waals surface area contributed by atoms with E-state index in [-0.39, 0.29) is 11.7 Å². The molecule has 0 aliphatic heterocycles. The Morgan fingerprint density at radius 1 is 1.10 bits per heavy atom. The average molecular weight is 295 g/mol. The quantitative estimate of drug-likeness (QED) is 0.921. The Balaban J connectivity index is 2.03. The van der Waals surface area contributed by atoms with Crippen LogP contribution in [0.3, 0.4) is 0 Å². The second kappa shape index (κ2) is 4.65. The number of halogens is 3. The number of carbonyl (C=O) groups is 1. The minimum absolute atomic E-state index is 0.128. The molecular formula is C15H12F3NO2. The fourth-order valence-corrected chi connectivity index (χ4v) is 2.41. The molecule has 1 aliphatic carbocycles. The predicted octanol–water partition coefficient (Wildman–Crippen LogP) is 4.21. The number of rotatable bonds is 3. The van der Waals surface area contributed by atoms with Gasteiger partial charge in [0.1, 0.15) is 5.69 Å². The number of hydrogen-bond acceptors (Lipinski definition) is 1. The molecule has 3 nitrogen and oxygen atoms in total. The first kappa shape index (κ1) is 13.7. The highest BCUT2D eigenvalue weighted by molar-refractivity contribution is 5.87. The third-order valence-corrected chi connectivity index (χ3v) is 3.56. The largest absolute Gasteiger partial charge is 0.477 e. The molecular weight excluding hydrogens is 283 g/mol. The molecule has 0 amide bonds. The molecule has 0 unspecified atom stereocenters. The van der Waals surface area contributed by atoms with Gasteiger partial charge in [0.25, 0.3) is 0 Å². The second-order valence-electron chi connectivity index (χ2n) is 5.09. The first-order valence-corrected chi connectivity index (χ1v) is 6.50. The van der Waals surface area contributed by atoms with Gasteiger partial charge in [-0.25, -0.2) is 4.79 Å². The van der Waals surface area contributed by atoms with Gasteiger partial charge in [0.15, 0.2) is 0 Å². The van der Waals surface area contributed by atoms with Crippen molar-refractivity contribution in [3.8, 4) is 11.3 Å². The number of carboxylic acids is 1. The van der Waals surface area contributed by atoms with Crippen molar-refractivity contribution in [1.82, 2.24) is 4.57 Å². The van der Waals surface area contributed by atoms with Crippen LogP contribution in [0.4, 0.5) is 13.2 Å². The molecule has 2 aromatic rings. The van der Waals surface area contributed by atoms with Crippen LogP contribution in [0, 0.1) is 0 Å². The molecule has 1 aromatic carbocycles. The van der Waals surface area contributed by atoms with Crippen molar-refractivity contribution >= 4 is 5.97 Å². The van der Waals surface area contributed by atoms with Crippen molar-refractivity contribution in [3.05, 3.63) is 47.7 Å². The monoisotopic (exact) mass is 295 g/mol. The summed E-state index contributed by atoms with van der Waals surface area (Å²) in [6, 6.07) is 8.05. The predicted molar refractivity (Wildman–Crippen MR) is 70.1 cm³/mol. The fraction of sp³-hybridized carbons (Fsp3) is 0.267. The highest BCUT2D eigenvalue weighted by atomic mass is 19.4. The molecule has 1 aliphatic rings. The molecule has 1 N–H and O–H groups in total. The minimum Gasteiger partial charge on any atom is -0.477 e. The molecule has 1 heterocycles. The highest BCUT2D eigenvalue weighted by Gasteiger charge is 2.32. The number of aromatic carboxylic acids is 1. The zero-order chi connectivity index (χ0) is 15.2. The Kier molecular flexibility index (Phi) is 3.04. The Labute approximate surface area is 118 Å². The van der Waals surface area contributed by atoms with Gasteiger partial charge >= 0.3 is 12.1 Å². The van der Waals surface area contributed by atoms with Crippen LogP contribution in [0.25, 0.3) is 11.3 Å². The number of aromatic nitrogens is 1. The van der Waals surface area contributed by atoms with Crippen LogP contribution in [0.5, 0.6) is 0 Å². The number of nitrogens with zero attached hydrogens (tertiary/aromatic N) is 1. The van der Waals surface area contributed by atoms with Crippen molar-refractivity contribution in [2.24, 2.45) is 0 Å². The van der Waals surface area contributed by atoms with E-state index in [2.05, 4.69) is 0 Å². The van der Waals surface area contributed by atoms with E-state index in [1.54, 1.807) is 10.6 Å². The average Bonchev–Trinajstić information content (AvgIpc) is 3.16. The molecule has 110 valence electrons. The summed E-state index contributed by atoms with van der Waals surface area (Å²) in [5, 5.41) is 9.18. The normalized spacial score (nSPS) is 15.2. The van der Waals surface area contributed by atoms with Crippen LogP contribution in [-0.2, 0) is 6.18 Å². The van der Waals surface area contributed by atoms with E-state index in [0.29, 0.717) is 11.3 Å². The standard InChI is InChI=1S/C15H12F3NO2/c16-15(17,18)10-3-1-9(2-4-10)12-7-8-13(14(20)21)19(12)11-5-6-11/h1-4,7-8,11H,5-6H2,(H,20,21). The van der Waals surface area contributed by atoms with E-state index in [1.165, 1.54) is 18.2 Å². The van der Waals surface area contributed by atoms with Gasteiger partial charge in [-0.3, -0.25) is 0 Å². The van der Waals surface area contributed by atoms with E-state index in [4.69, 9.17) is 0 Å². The number of benzene rings is 1. The summed E-state index contributed by atoms with van der Waals surface area (Å²) in [5.41, 5.74) is 0.688. The van der Waals surface area contributed by atoms with Crippen molar-refractivity contribution in [3.63, 3.8) is 0 Å². The van der Waals surface area contributed by atoms with Crippen LogP contribution in [0.2, 0.25) is 0 Å². The fourth-order valence-electron chi connectivity index (χ4n) is 2.41. The lowest BCUT2D eigenvalue weighted by Crippen LogP contribution is -2.08. The number of carboxylic acid groups (broad SMARTS) is 1. The number of alkyl halides is 3. The Morgan fingerprint density at radius 2 is 1.71 bits per heavy atom. The van der Waals surface area contributed by atoms with Gasteiger partial charge in [-0.15, -0.1) is 0 Å². The molecule has 0 bridgehead atoms. The van der Waals surface area contributed by atoms with Crippen LogP contribution in [0.1, 0.15) is 34.9 Å². The SMILES string of the molecule is O=C(O)c1ccc(-c2ccc(C(F)(F)F)cc2)n1C1CC1. The molecule has 0 spiro atoms. The maximum atomic E-state index is 12.6. The third-order valence-electron chi connectivity index (χ3n) is 3.56. The molecule has 6 heteroatoms. The van der Waals surface area contributed by atoms with Gasteiger partial charge < -0.3 is 9.67 Å². The van der Waals surface area contributed by atoms with Gasteiger partial charge in [0, 0.05) is 11.7 Å². The van der Waals surface area contributed by atoms with E-state index >= 15 is 0 Å². The summed E-state index contributed by atoms with van der Waals surface area (Å²) >= 11 is 0. The van der Waals surface area contributed by atoms with Crippen LogP contribution < -0.4 is 0 Å². The molecule has 1 aromatic heterocycles. The van der Waals surface area contributed by atoms with E-state index in [1.807, 2.05) is 0 Å². The maximum absolute atomic E-state index is 12.6. The summed E-state index contributed by atoms with van der Waals surface area (Å²) in [5.74, 6) is -1.03. The summed E-state index contributed by atoms with van der Waals surface area (Å²) in [4.78, 5) is 11.2. The van der Waals surface area contributed by atoms with Gasteiger partial charge in [0.2, 0.25) is 0 Å². The lowest BCUT2D eigenvalue weighted by Gasteiger charge is -2.12. The van der Waals surface area contributed by atoms with E-state index in [9.17, 15) is 23.1 Å². The molecule has 1 saturated carbocycles. The Hall–Kier alpha value is -2.24. The van der Waals surface area contributed by atoms with Gasteiger partial charge in [-0.05, 0) is 42.7 Å². The van der Waals surface area contributed by atoms with Gasteiger partial charge in [-0.2, -0.15) is 13.2 Å². The lowest BCUT2D eigenvalue weighted by atomic mass is 10.1. The van der Waals surface area contributed by atoms with E-state index in [0.717, 1.165) is 25.0 Å². The van der Waals surface area contributed by atoms with Gasteiger partial charge in [0.05, 0.1) is 5.56 Å². The van der Waals surface area contributed by atoms with Crippen LogP contribution in [-0.4, -0.2) is 15.6 Å². The molecule has 0 radical (unpaired) electrons. The Morgan fingerprint density at radius 3 is 2.19 bits per heavy atom. The molecule has 21 heavy (non-hydrogen) atoms. The van der Waals surface area contributed by atoms with Gasteiger partial charge in [-0.1, -0.05) is 12.1 Å². The summed E-state index contributed by atoms with van der Waals surface area (Å²) in [6.45, 7) is 0. The van der Waals surface area contributed by atoms with Crippen molar-refractivity contribution in [1.29, 1.82) is 0 Å². The minimum atomic E-state index is -4.37. The molecule has 0 atom stereocenters. The van der Waals surface area contributed by atoms with Crippen molar-refractivity contribution in [2.45, 2.75) is 25.1 Å². The lowest BCUT2D eigenvalue weighted by molar-refractivity contribution is -0.137. The number of hydrogen-bond donors (Lipinski definition) is 1. The van der Waals surface area contributed by atoms with Crippen LogP contribution in [0.15, 0.2) is 36.4 Å².